The lowest BCUT2D eigenvalue weighted by molar-refractivity contribution is 0.414. The fraction of sp³-hybridized carbons (Fsp3) is 0.0714. The number of benzene rings is 2. The normalized spacial score (nSPS) is 10.9. The van der Waals surface area contributed by atoms with Crippen LogP contribution in [0.4, 0.5) is 10.1 Å². The van der Waals surface area contributed by atoms with Crippen molar-refractivity contribution >= 4 is 43.8 Å². The van der Waals surface area contributed by atoms with Gasteiger partial charge in [0, 0.05) is 20.7 Å². The van der Waals surface area contributed by atoms with Gasteiger partial charge in [0.25, 0.3) is 0 Å². The zero-order valence-electron chi connectivity index (χ0n) is 10.0. The van der Waals surface area contributed by atoms with E-state index in [4.69, 9.17) is 4.74 Å². The van der Waals surface area contributed by atoms with Gasteiger partial charge in [-0.1, -0.05) is 18.2 Å². The van der Waals surface area contributed by atoms with Crippen molar-refractivity contribution in [3.63, 3.8) is 0 Å². The molecule has 0 unspecified atom stereocenters. The van der Waals surface area contributed by atoms with Crippen LogP contribution in [0.15, 0.2) is 50.3 Å². The zero-order chi connectivity index (χ0) is 13.8. The molecule has 0 N–H and O–H groups in total. The Balaban J connectivity index is 2.36. The minimum absolute atomic E-state index is 0.299. The lowest BCUT2D eigenvalue weighted by atomic mass is 10.2. The first-order chi connectivity index (χ1) is 9.11. The van der Waals surface area contributed by atoms with Crippen LogP contribution in [0.25, 0.3) is 0 Å². The topological polar surface area (TPSA) is 21.6 Å². The fourth-order valence-corrected chi connectivity index (χ4v) is 2.85. The Kier molecular flexibility index (Phi) is 4.71. The Bertz CT molecular complexity index is 606. The van der Waals surface area contributed by atoms with Crippen LogP contribution in [0.2, 0.25) is 0 Å². The second-order valence-electron chi connectivity index (χ2n) is 3.72. The average molecular weight is 387 g/mol. The Hall–Kier alpha value is -1.20. The molecule has 0 saturated carbocycles. The number of halogens is 3. The third kappa shape index (κ3) is 3.42. The Morgan fingerprint density at radius 3 is 2.37 bits per heavy atom. The summed E-state index contributed by atoms with van der Waals surface area (Å²) in [5.41, 5.74) is 1.13. The Morgan fingerprint density at radius 2 is 1.79 bits per heavy atom. The average Bonchev–Trinajstić information content (AvgIpc) is 2.39. The van der Waals surface area contributed by atoms with Crippen LogP contribution in [0.5, 0.6) is 5.75 Å². The highest BCUT2D eigenvalue weighted by Gasteiger charge is 2.07. The van der Waals surface area contributed by atoms with Crippen LogP contribution in [0, 0.1) is 5.82 Å². The van der Waals surface area contributed by atoms with Gasteiger partial charge < -0.3 is 4.74 Å². The Labute approximate surface area is 127 Å². The van der Waals surface area contributed by atoms with Gasteiger partial charge in [-0.05, 0) is 50.1 Å². The summed E-state index contributed by atoms with van der Waals surface area (Å²) in [6.07, 6.45) is 1.49. The second kappa shape index (κ2) is 6.30. The molecule has 0 spiro atoms. The first kappa shape index (κ1) is 14.2. The fourth-order valence-electron chi connectivity index (χ4n) is 1.50. The maximum absolute atomic E-state index is 13.5. The molecule has 0 aliphatic rings. The molecule has 2 aromatic rings. The second-order valence-corrected chi connectivity index (χ2v) is 5.43. The maximum atomic E-state index is 13.5. The summed E-state index contributed by atoms with van der Waals surface area (Å²) in [6.45, 7) is 0. The molecule has 0 heterocycles. The van der Waals surface area contributed by atoms with E-state index in [2.05, 4.69) is 36.9 Å². The molecule has 0 atom stereocenters. The van der Waals surface area contributed by atoms with Crippen molar-refractivity contribution < 1.29 is 9.13 Å². The number of nitrogens with zero attached hydrogens (tertiary/aromatic N) is 1. The van der Waals surface area contributed by atoms with Gasteiger partial charge >= 0.3 is 0 Å². The van der Waals surface area contributed by atoms with Crippen molar-refractivity contribution in [1.29, 1.82) is 0 Å². The van der Waals surface area contributed by atoms with Crippen molar-refractivity contribution in [3.05, 3.63) is 56.7 Å². The molecule has 0 fully saturated rings. The number of rotatable bonds is 3. The minimum Gasteiger partial charge on any atom is -0.497 e. The van der Waals surface area contributed by atoms with Crippen LogP contribution in [0.1, 0.15) is 5.56 Å². The summed E-state index contributed by atoms with van der Waals surface area (Å²) in [7, 11) is 1.59. The number of hydrogen-bond acceptors (Lipinski definition) is 2. The largest absolute Gasteiger partial charge is 0.497 e. The quantitative estimate of drug-likeness (QED) is 0.671. The molecule has 2 nitrogen and oxygen atoms in total. The van der Waals surface area contributed by atoms with Crippen LogP contribution < -0.4 is 4.74 Å². The molecule has 0 saturated heterocycles. The standard InChI is InChI=1S/C14H10Br2FNO/c1-19-10-6-11(15)14(12(16)7-10)18-8-9-4-2-3-5-13(9)17/h2-8H,1H3. The highest BCUT2D eigenvalue weighted by atomic mass is 79.9. The van der Waals surface area contributed by atoms with E-state index in [-0.39, 0.29) is 5.82 Å². The third-order valence-corrected chi connectivity index (χ3v) is 3.67. The van der Waals surface area contributed by atoms with Crippen LogP contribution >= 0.6 is 31.9 Å². The summed E-state index contributed by atoms with van der Waals surface area (Å²) in [4.78, 5) is 4.30. The van der Waals surface area contributed by atoms with E-state index in [0.29, 0.717) is 17.0 Å². The molecule has 2 aromatic carbocycles. The van der Waals surface area contributed by atoms with E-state index >= 15 is 0 Å². The van der Waals surface area contributed by atoms with E-state index in [1.807, 2.05) is 0 Å². The van der Waals surface area contributed by atoms with E-state index < -0.39 is 0 Å². The minimum atomic E-state index is -0.299. The van der Waals surface area contributed by atoms with Gasteiger partial charge in [-0.3, -0.25) is 4.99 Å². The smallest absolute Gasteiger partial charge is 0.131 e. The molecule has 0 aromatic heterocycles. The lowest BCUT2D eigenvalue weighted by Gasteiger charge is -2.06. The predicted octanol–water partition coefficient (Wildman–Crippen LogP) is 5.11. The molecule has 2 rings (SSSR count). The molecule has 0 aliphatic carbocycles. The van der Waals surface area contributed by atoms with E-state index in [0.717, 1.165) is 8.95 Å². The van der Waals surface area contributed by atoms with Crippen molar-refractivity contribution in [1.82, 2.24) is 0 Å². The Morgan fingerprint density at radius 1 is 1.16 bits per heavy atom. The monoisotopic (exact) mass is 385 g/mol. The highest BCUT2D eigenvalue weighted by molar-refractivity contribution is 9.11. The van der Waals surface area contributed by atoms with Gasteiger partial charge in [0.15, 0.2) is 0 Å². The van der Waals surface area contributed by atoms with Gasteiger partial charge in [-0.25, -0.2) is 4.39 Å². The van der Waals surface area contributed by atoms with E-state index in [9.17, 15) is 4.39 Å². The lowest BCUT2D eigenvalue weighted by Crippen LogP contribution is -1.87. The van der Waals surface area contributed by atoms with Crippen molar-refractivity contribution in [3.8, 4) is 5.75 Å². The molecule has 0 radical (unpaired) electrons. The SMILES string of the molecule is COc1cc(Br)c(N=Cc2ccccc2F)c(Br)c1. The molecule has 0 aliphatic heterocycles. The molecule has 19 heavy (non-hydrogen) atoms. The highest BCUT2D eigenvalue weighted by Crippen LogP contribution is 2.37. The van der Waals surface area contributed by atoms with Crippen molar-refractivity contribution in [2.24, 2.45) is 4.99 Å². The summed E-state index contributed by atoms with van der Waals surface area (Å²) >= 11 is 6.83. The molecular weight excluding hydrogens is 377 g/mol. The van der Waals surface area contributed by atoms with Crippen molar-refractivity contribution in [2.75, 3.05) is 7.11 Å². The number of ether oxygens (including phenoxy) is 1. The van der Waals surface area contributed by atoms with Gasteiger partial charge in [0.1, 0.15) is 11.6 Å². The molecule has 5 heteroatoms. The predicted molar refractivity (Wildman–Crippen MR) is 82.0 cm³/mol. The number of aliphatic imine (C=N–C) groups is 1. The van der Waals surface area contributed by atoms with Gasteiger partial charge in [0.05, 0.1) is 12.8 Å². The van der Waals surface area contributed by atoms with Gasteiger partial charge in [-0.2, -0.15) is 0 Å². The zero-order valence-corrected chi connectivity index (χ0v) is 13.2. The summed E-state index contributed by atoms with van der Waals surface area (Å²) in [6, 6.07) is 10.1. The molecule has 98 valence electrons. The van der Waals surface area contributed by atoms with Crippen LogP contribution in [0.3, 0.4) is 0 Å². The summed E-state index contributed by atoms with van der Waals surface area (Å²) < 4.78 is 20.2. The maximum Gasteiger partial charge on any atom is 0.131 e. The molecule has 0 bridgehead atoms. The molecular formula is C14H10Br2FNO. The third-order valence-electron chi connectivity index (χ3n) is 2.46. The van der Waals surface area contributed by atoms with Gasteiger partial charge in [-0.15, -0.1) is 0 Å². The number of methoxy groups -OCH3 is 1. The van der Waals surface area contributed by atoms with Gasteiger partial charge in [0.2, 0.25) is 0 Å². The summed E-state index contributed by atoms with van der Waals surface area (Å²) in [5.74, 6) is 0.413. The van der Waals surface area contributed by atoms with E-state index in [1.165, 1.54) is 12.3 Å². The molecule has 0 amide bonds. The summed E-state index contributed by atoms with van der Waals surface area (Å²) in [5, 5.41) is 0. The number of hydrogen-bond donors (Lipinski definition) is 0. The van der Waals surface area contributed by atoms with E-state index in [1.54, 1.807) is 37.4 Å². The van der Waals surface area contributed by atoms with Crippen molar-refractivity contribution in [2.45, 2.75) is 0 Å². The first-order valence-corrected chi connectivity index (χ1v) is 7.02. The van der Waals surface area contributed by atoms with Crippen LogP contribution in [-0.2, 0) is 0 Å². The van der Waals surface area contributed by atoms with Crippen LogP contribution in [-0.4, -0.2) is 13.3 Å². The first-order valence-electron chi connectivity index (χ1n) is 5.43.